The first-order valence-electron chi connectivity index (χ1n) is 4.23. The highest BCUT2D eigenvalue weighted by Crippen LogP contribution is 2.04. The lowest BCUT2D eigenvalue weighted by Gasteiger charge is -2.15. The molecule has 78 valence electrons. The van der Waals surface area contributed by atoms with E-state index in [1.54, 1.807) is 11.5 Å². The molecule has 1 aliphatic rings. The molecule has 0 atom stereocenters. The van der Waals surface area contributed by atoms with Gasteiger partial charge in [0.2, 0.25) is 0 Å². The normalized spacial score (nSPS) is 11.9. The standard InChI is InChI=1S/C8H12N2.C2HN3/c1-3-5-10-7-6-9(4-2)8-10;3-1-5-2-4/h3-4,6-7H,1-2,5,8H2;5H. The average molecular weight is 203 g/mol. The molecule has 0 radical (unpaired) electrons. The van der Waals surface area contributed by atoms with E-state index < -0.39 is 0 Å². The van der Waals surface area contributed by atoms with Gasteiger partial charge >= 0.3 is 0 Å². The second kappa shape index (κ2) is 8.21. The van der Waals surface area contributed by atoms with Crippen LogP contribution < -0.4 is 5.32 Å². The van der Waals surface area contributed by atoms with Crippen LogP contribution in [0.25, 0.3) is 0 Å². The first-order valence-corrected chi connectivity index (χ1v) is 4.23. The highest BCUT2D eigenvalue weighted by atomic mass is 15.3. The number of nitrogens with one attached hydrogen (secondary N) is 1. The number of hydrogen-bond donors (Lipinski definition) is 1. The Kier molecular flexibility index (Phi) is 6.90. The molecule has 0 bridgehead atoms. The molecule has 0 aromatic heterocycles. The van der Waals surface area contributed by atoms with E-state index in [-0.39, 0.29) is 0 Å². The van der Waals surface area contributed by atoms with Crippen molar-refractivity contribution >= 4 is 0 Å². The van der Waals surface area contributed by atoms with Crippen molar-refractivity contribution in [3.05, 3.63) is 37.8 Å². The van der Waals surface area contributed by atoms with Gasteiger partial charge in [0.15, 0.2) is 12.4 Å². The first-order chi connectivity index (χ1) is 7.28. The summed E-state index contributed by atoms with van der Waals surface area (Å²) < 4.78 is 0. The van der Waals surface area contributed by atoms with Gasteiger partial charge in [0.05, 0.1) is 6.67 Å². The van der Waals surface area contributed by atoms with Gasteiger partial charge in [0, 0.05) is 18.9 Å². The summed E-state index contributed by atoms with van der Waals surface area (Å²) in [6.45, 7) is 9.12. The molecule has 1 heterocycles. The summed E-state index contributed by atoms with van der Waals surface area (Å²) in [5.41, 5.74) is 0. The molecule has 0 fully saturated rings. The number of rotatable bonds is 3. The molecule has 1 N–H and O–H groups in total. The molecule has 1 rings (SSSR count). The van der Waals surface area contributed by atoms with Gasteiger partial charge < -0.3 is 9.80 Å². The quantitative estimate of drug-likeness (QED) is 0.419. The molecule has 0 saturated heterocycles. The SMILES string of the molecule is C=CCN1C=CN(C=C)C1.N#CNC#N. The minimum atomic E-state index is 0.898. The summed E-state index contributed by atoms with van der Waals surface area (Å²) in [4.78, 5) is 4.16. The van der Waals surface area contributed by atoms with Crippen LogP contribution in [-0.2, 0) is 0 Å². The molecule has 1 aliphatic heterocycles. The Hall–Kier alpha value is -2.40. The van der Waals surface area contributed by atoms with Gasteiger partial charge in [-0.25, -0.2) is 5.32 Å². The largest absolute Gasteiger partial charge is 0.355 e. The van der Waals surface area contributed by atoms with Crippen LogP contribution in [0.3, 0.4) is 0 Å². The smallest absolute Gasteiger partial charge is 0.190 e. The molecule has 0 aromatic carbocycles. The van der Waals surface area contributed by atoms with Gasteiger partial charge in [-0.05, 0) is 6.20 Å². The zero-order valence-electron chi connectivity index (χ0n) is 8.43. The Morgan fingerprint density at radius 1 is 1.33 bits per heavy atom. The van der Waals surface area contributed by atoms with E-state index in [0.717, 1.165) is 13.2 Å². The third kappa shape index (κ3) is 5.78. The summed E-state index contributed by atoms with van der Waals surface area (Å²) in [7, 11) is 0. The zero-order valence-corrected chi connectivity index (χ0v) is 8.43. The molecule has 5 heteroatoms. The van der Waals surface area contributed by atoms with E-state index in [1.807, 2.05) is 23.4 Å². The van der Waals surface area contributed by atoms with Crippen molar-refractivity contribution in [3.8, 4) is 12.4 Å². The Morgan fingerprint density at radius 3 is 2.33 bits per heavy atom. The fourth-order valence-corrected chi connectivity index (χ4v) is 0.912. The predicted octanol–water partition coefficient (Wildman–Crippen LogP) is 0.900. The summed E-state index contributed by atoms with van der Waals surface area (Å²) in [6, 6.07) is 0. The minimum absolute atomic E-state index is 0.898. The van der Waals surface area contributed by atoms with Crippen LogP contribution in [0.5, 0.6) is 0 Å². The van der Waals surface area contributed by atoms with Gasteiger partial charge in [0.1, 0.15) is 0 Å². The van der Waals surface area contributed by atoms with Crippen LogP contribution in [0.1, 0.15) is 0 Å². The van der Waals surface area contributed by atoms with Gasteiger partial charge in [-0.15, -0.1) is 6.58 Å². The Balaban J connectivity index is 0.000000336. The summed E-state index contributed by atoms with van der Waals surface area (Å²) >= 11 is 0. The van der Waals surface area contributed by atoms with Crippen LogP contribution >= 0.6 is 0 Å². The monoisotopic (exact) mass is 203 g/mol. The van der Waals surface area contributed by atoms with Gasteiger partial charge in [-0.1, -0.05) is 12.7 Å². The number of hydrogen-bond acceptors (Lipinski definition) is 5. The van der Waals surface area contributed by atoms with E-state index in [2.05, 4.69) is 18.1 Å². The maximum atomic E-state index is 7.48. The second-order valence-electron chi connectivity index (χ2n) is 2.54. The molecule has 0 aliphatic carbocycles. The fourth-order valence-electron chi connectivity index (χ4n) is 0.912. The van der Waals surface area contributed by atoms with Crippen LogP contribution in [0, 0.1) is 22.9 Å². The lowest BCUT2D eigenvalue weighted by Crippen LogP contribution is -2.21. The van der Waals surface area contributed by atoms with Crippen LogP contribution in [0.4, 0.5) is 0 Å². The maximum absolute atomic E-state index is 7.48. The number of nitrogens with zero attached hydrogens (tertiary/aromatic N) is 4. The lowest BCUT2D eigenvalue weighted by molar-refractivity contribution is 0.340. The van der Waals surface area contributed by atoms with Crippen LogP contribution in [0.2, 0.25) is 0 Å². The van der Waals surface area contributed by atoms with Gasteiger partial charge in [-0.2, -0.15) is 10.5 Å². The molecule has 0 aromatic rings. The van der Waals surface area contributed by atoms with E-state index in [9.17, 15) is 0 Å². The topological polar surface area (TPSA) is 66.1 Å². The van der Waals surface area contributed by atoms with Gasteiger partial charge in [-0.3, -0.25) is 0 Å². The highest BCUT2D eigenvalue weighted by molar-refractivity contribution is 4.96. The van der Waals surface area contributed by atoms with E-state index in [4.69, 9.17) is 10.5 Å². The van der Waals surface area contributed by atoms with Crippen molar-refractivity contribution < 1.29 is 0 Å². The van der Waals surface area contributed by atoms with Crippen molar-refractivity contribution in [2.75, 3.05) is 13.2 Å². The zero-order chi connectivity index (χ0) is 11.5. The molecular weight excluding hydrogens is 190 g/mol. The molecule has 0 amide bonds. The Bertz CT molecular complexity index is 295. The van der Waals surface area contributed by atoms with E-state index in [0.29, 0.717) is 0 Å². The Morgan fingerprint density at radius 2 is 2.00 bits per heavy atom. The highest BCUT2D eigenvalue weighted by Gasteiger charge is 2.05. The minimum Gasteiger partial charge on any atom is -0.355 e. The molecule has 0 spiro atoms. The maximum Gasteiger partial charge on any atom is 0.190 e. The van der Waals surface area contributed by atoms with Crippen molar-refractivity contribution in [1.29, 1.82) is 10.5 Å². The third-order valence-corrected chi connectivity index (χ3v) is 1.52. The van der Waals surface area contributed by atoms with E-state index in [1.165, 1.54) is 12.4 Å². The molecule has 0 saturated carbocycles. The summed E-state index contributed by atoms with van der Waals surface area (Å²) in [6.07, 6.45) is 10.5. The van der Waals surface area contributed by atoms with Crippen molar-refractivity contribution in [3.63, 3.8) is 0 Å². The van der Waals surface area contributed by atoms with Crippen molar-refractivity contribution in [1.82, 2.24) is 15.1 Å². The van der Waals surface area contributed by atoms with Crippen LogP contribution in [-0.4, -0.2) is 23.0 Å². The Labute approximate surface area is 89.8 Å². The van der Waals surface area contributed by atoms with Gasteiger partial charge in [0.25, 0.3) is 0 Å². The van der Waals surface area contributed by atoms with Crippen molar-refractivity contribution in [2.45, 2.75) is 0 Å². The molecular formula is C10H13N5. The van der Waals surface area contributed by atoms with Crippen LogP contribution in [0.15, 0.2) is 37.8 Å². The average Bonchev–Trinajstić information content (AvgIpc) is 2.68. The molecule has 5 nitrogen and oxygen atoms in total. The van der Waals surface area contributed by atoms with E-state index >= 15 is 0 Å². The lowest BCUT2D eigenvalue weighted by atomic mass is 10.6. The second-order valence-corrected chi connectivity index (χ2v) is 2.54. The predicted molar refractivity (Wildman–Crippen MR) is 57.3 cm³/mol. The molecule has 0 unspecified atom stereocenters. The van der Waals surface area contributed by atoms with Crippen molar-refractivity contribution in [2.24, 2.45) is 0 Å². The summed E-state index contributed by atoms with van der Waals surface area (Å²) in [5, 5.41) is 16.7. The summed E-state index contributed by atoms with van der Waals surface area (Å²) in [5.74, 6) is 0. The molecule has 15 heavy (non-hydrogen) atoms. The fraction of sp³-hybridized carbons (Fsp3) is 0.200. The first kappa shape index (κ1) is 12.6. The third-order valence-electron chi connectivity index (χ3n) is 1.52. The number of nitriles is 2.